The van der Waals surface area contributed by atoms with Crippen LogP contribution in [0.2, 0.25) is 0 Å². The van der Waals surface area contributed by atoms with E-state index in [1.54, 1.807) is 12.4 Å². The molecule has 4 heterocycles. The predicted molar refractivity (Wildman–Crippen MR) is 137 cm³/mol. The maximum atomic E-state index is 12.9. The van der Waals surface area contributed by atoms with Gasteiger partial charge in [0.15, 0.2) is 0 Å². The van der Waals surface area contributed by atoms with Crippen molar-refractivity contribution in [3.05, 3.63) is 88.9 Å². The number of nitrogens with zero attached hydrogens (tertiary/aromatic N) is 4. The van der Waals surface area contributed by atoms with E-state index in [4.69, 9.17) is 5.10 Å². The number of benzene rings is 1. The van der Waals surface area contributed by atoms with E-state index in [1.807, 2.05) is 72.9 Å². The first-order valence-electron chi connectivity index (χ1n) is 11.2. The lowest BCUT2D eigenvalue weighted by molar-refractivity contribution is 0.102. The van der Waals surface area contributed by atoms with E-state index in [-0.39, 0.29) is 11.2 Å². The molecule has 1 atom stereocenters. The lowest BCUT2D eigenvalue weighted by Crippen LogP contribution is -2.14. The minimum atomic E-state index is -0.142. The highest BCUT2D eigenvalue weighted by Gasteiger charge is 2.30. The molecule has 3 aromatic heterocycles. The molecule has 8 heteroatoms. The quantitative estimate of drug-likeness (QED) is 0.437. The Morgan fingerprint density at radius 2 is 1.97 bits per heavy atom. The van der Waals surface area contributed by atoms with Crippen molar-refractivity contribution >= 4 is 29.2 Å². The zero-order valence-corrected chi connectivity index (χ0v) is 20.2. The van der Waals surface area contributed by atoms with Crippen LogP contribution in [0.3, 0.4) is 0 Å². The lowest BCUT2D eigenvalue weighted by atomic mass is 9.96. The maximum Gasteiger partial charge on any atom is 0.255 e. The van der Waals surface area contributed by atoms with Crippen molar-refractivity contribution in [2.45, 2.75) is 19.1 Å². The first kappa shape index (κ1) is 22.2. The summed E-state index contributed by atoms with van der Waals surface area (Å²) in [6.45, 7) is 4.81. The first-order chi connectivity index (χ1) is 16.5. The van der Waals surface area contributed by atoms with Gasteiger partial charge in [0.25, 0.3) is 5.91 Å². The molecule has 4 aromatic rings. The van der Waals surface area contributed by atoms with Crippen LogP contribution < -0.4 is 10.6 Å². The number of fused-ring (bicyclic) bond motifs is 1. The van der Waals surface area contributed by atoms with Gasteiger partial charge in [0.1, 0.15) is 11.5 Å². The molecule has 1 aliphatic heterocycles. The summed E-state index contributed by atoms with van der Waals surface area (Å²) in [7, 11) is 1.96. The first-order valence-corrected chi connectivity index (χ1v) is 12.2. The van der Waals surface area contributed by atoms with Crippen LogP contribution in [-0.4, -0.2) is 38.0 Å². The van der Waals surface area contributed by atoms with Gasteiger partial charge in [0.05, 0.1) is 22.3 Å². The Morgan fingerprint density at radius 1 is 1.12 bits per heavy atom. The van der Waals surface area contributed by atoms with E-state index in [0.29, 0.717) is 5.56 Å². The van der Waals surface area contributed by atoms with Crippen LogP contribution in [0.5, 0.6) is 0 Å². The molecule has 0 bridgehead atoms. The number of carbonyl (C=O) groups is 1. The number of hydrogen-bond acceptors (Lipinski definition) is 6. The molecule has 0 fully saturated rings. The van der Waals surface area contributed by atoms with Crippen molar-refractivity contribution in [2.75, 3.05) is 22.9 Å². The third kappa shape index (κ3) is 4.17. The van der Waals surface area contributed by atoms with Gasteiger partial charge in [-0.15, -0.1) is 11.8 Å². The van der Waals surface area contributed by atoms with E-state index >= 15 is 0 Å². The van der Waals surface area contributed by atoms with Gasteiger partial charge in [-0.25, -0.2) is 0 Å². The van der Waals surface area contributed by atoms with Crippen LogP contribution in [0, 0.1) is 13.8 Å². The number of thioether (sulfide) groups is 1. The van der Waals surface area contributed by atoms with Crippen LogP contribution in [0.4, 0.5) is 11.5 Å². The summed E-state index contributed by atoms with van der Waals surface area (Å²) in [6, 6.07) is 15.5. The Hall–Kier alpha value is -3.65. The fourth-order valence-electron chi connectivity index (χ4n) is 4.29. The molecule has 0 unspecified atom stereocenters. The molecule has 1 amide bonds. The molecule has 0 spiro atoms. The highest BCUT2D eigenvalue weighted by molar-refractivity contribution is 7.99. The van der Waals surface area contributed by atoms with Gasteiger partial charge in [-0.05, 0) is 61.4 Å². The highest BCUT2D eigenvalue weighted by atomic mass is 32.2. The molecule has 0 aliphatic carbocycles. The monoisotopic (exact) mass is 470 g/mol. The number of carbonyl (C=O) groups excluding carboxylic acids is 1. The van der Waals surface area contributed by atoms with Gasteiger partial charge in [-0.1, -0.05) is 12.1 Å². The topological polar surface area (TPSA) is 84.7 Å². The number of aromatic nitrogens is 4. The third-order valence-electron chi connectivity index (χ3n) is 6.00. The van der Waals surface area contributed by atoms with Crippen LogP contribution in [0.25, 0.3) is 11.4 Å². The third-order valence-corrected chi connectivity index (χ3v) is 7.26. The molecule has 1 aliphatic rings. The van der Waals surface area contributed by atoms with Gasteiger partial charge in [0, 0.05) is 42.9 Å². The smallest absolute Gasteiger partial charge is 0.255 e. The summed E-state index contributed by atoms with van der Waals surface area (Å²) in [5.41, 5.74) is 7.25. The van der Waals surface area contributed by atoms with Crippen LogP contribution in [0.15, 0.2) is 60.9 Å². The lowest BCUT2D eigenvalue weighted by Gasteiger charge is -2.19. The van der Waals surface area contributed by atoms with E-state index in [0.717, 1.165) is 52.0 Å². The molecule has 0 radical (unpaired) electrons. The molecule has 7 nitrogen and oxygen atoms in total. The molecular formula is C26H26N6OS. The summed E-state index contributed by atoms with van der Waals surface area (Å²) in [5, 5.41) is 11.4. The normalized spacial score (nSPS) is 15.2. The van der Waals surface area contributed by atoms with Crippen LogP contribution in [-0.2, 0) is 7.05 Å². The zero-order chi connectivity index (χ0) is 23.7. The van der Waals surface area contributed by atoms with Crippen molar-refractivity contribution in [1.82, 2.24) is 19.7 Å². The zero-order valence-electron chi connectivity index (χ0n) is 19.4. The number of amides is 1. The number of anilines is 2. The second kappa shape index (κ2) is 9.30. The molecular weight excluding hydrogens is 444 g/mol. The summed E-state index contributed by atoms with van der Waals surface area (Å²) in [5.74, 6) is 1.84. The van der Waals surface area contributed by atoms with Crippen molar-refractivity contribution in [3.63, 3.8) is 0 Å². The summed E-state index contributed by atoms with van der Waals surface area (Å²) in [6.07, 6.45) is 3.51. The van der Waals surface area contributed by atoms with E-state index in [1.165, 1.54) is 5.56 Å². The summed E-state index contributed by atoms with van der Waals surface area (Å²) in [4.78, 5) is 21.7. The maximum absolute atomic E-state index is 12.9. The van der Waals surface area contributed by atoms with Crippen LogP contribution >= 0.6 is 11.8 Å². The predicted octanol–water partition coefficient (Wildman–Crippen LogP) is 4.99. The number of hydrogen-bond donors (Lipinski definition) is 2. The van der Waals surface area contributed by atoms with Crippen molar-refractivity contribution in [2.24, 2.45) is 7.05 Å². The van der Waals surface area contributed by atoms with Gasteiger partial charge >= 0.3 is 0 Å². The highest BCUT2D eigenvalue weighted by Crippen LogP contribution is 2.46. The largest absolute Gasteiger partial charge is 0.369 e. The molecule has 34 heavy (non-hydrogen) atoms. The van der Waals surface area contributed by atoms with Crippen molar-refractivity contribution < 1.29 is 4.79 Å². The van der Waals surface area contributed by atoms with E-state index in [9.17, 15) is 4.79 Å². The standard InChI is InChI=1S/C26H26N6OS/c1-16-15-18(26(33)30-20-8-6-12-27-17(20)2)9-10-19(16)24-22-23(21-7-4-5-11-28-21)31-32(3)25(22)29-13-14-34-24/h4-12,15,24,29H,13-14H2,1-3H3,(H,30,33)/t24-/m1/s1. The van der Waals surface area contributed by atoms with Crippen molar-refractivity contribution in [1.29, 1.82) is 0 Å². The van der Waals surface area contributed by atoms with E-state index < -0.39 is 0 Å². The average Bonchev–Trinajstić information content (AvgIpc) is 3.02. The summed E-state index contributed by atoms with van der Waals surface area (Å²) >= 11 is 1.88. The Bertz CT molecular complexity index is 1350. The van der Waals surface area contributed by atoms with Gasteiger partial charge in [0.2, 0.25) is 0 Å². The Kier molecular flexibility index (Phi) is 6.06. The fraction of sp³-hybridized carbons (Fsp3) is 0.231. The molecule has 0 saturated heterocycles. The summed E-state index contributed by atoms with van der Waals surface area (Å²) < 4.78 is 1.91. The Labute approximate surface area is 203 Å². The number of rotatable bonds is 4. The Balaban J connectivity index is 1.52. The molecule has 5 rings (SSSR count). The Morgan fingerprint density at radius 3 is 2.74 bits per heavy atom. The van der Waals surface area contributed by atoms with Gasteiger partial charge < -0.3 is 10.6 Å². The average molecular weight is 471 g/mol. The number of pyridine rings is 2. The number of aryl methyl sites for hydroxylation is 3. The molecule has 2 N–H and O–H groups in total. The van der Waals surface area contributed by atoms with Gasteiger partial charge in [-0.3, -0.25) is 19.4 Å². The fourth-order valence-corrected chi connectivity index (χ4v) is 5.58. The SMILES string of the molecule is Cc1cc(C(=O)Nc2cccnc2C)ccc1[C@H]1SCCNc2c1c(-c1ccccn1)nn2C. The van der Waals surface area contributed by atoms with E-state index in [2.05, 4.69) is 33.6 Å². The minimum absolute atomic E-state index is 0.0772. The molecule has 1 aromatic carbocycles. The van der Waals surface area contributed by atoms with Gasteiger partial charge in [-0.2, -0.15) is 5.10 Å². The van der Waals surface area contributed by atoms with Crippen molar-refractivity contribution in [3.8, 4) is 11.4 Å². The minimum Gasteiger partial charge on any atom is -0.369 e. The van der Waals surface area contributed by atoms with Crippen LogP contribution in [0.1, 0.15) is 38.0 Å². The molecule has 172 valence electrons. The molecule has 0 saturated carbocycles. The second-order valence-electron chi connectivity index (χ2n) is 8.29. The second-order valence-corrected chi connectivity index (χ2v) is 9.50. The number of nitrogens with one attached hydrogen (secondary N) is 2.